The summed E-state index contributed by atoms with van der Waals surface area (Å²) >= 11 is 0. The number of aromatic nitrogens is 5. The molecule has 0 saturated heterocycles. The molecule has 2 aromatic carbocycles. The number of imidazole rings is 1. The summed E-state index contributed by atoms with van der Waals surface area (Å²) < 4.78 is 16.3. The van der Waals surface area contributed by atoms with Crippen LogP contribution in [0, 0.1) is 5.82 Å². The Hall–Kier alpha value is -4.20. The fraction of sp³-hybridized carbons (Fsp3) is 0.160. The number of benzene rings is 2. The molecule has 7 nitrogen and oxygen atoms in total. The van der Waals surface area contributed by atoms with Gasteiger partial charge in [0, 0.05) is 29.6 Å². The van der Waals surface area contributed by atoms with Gasteiger partial charge in [0.2, 0.25) is 0 Å². The number of halogens is 1. The van der Waals surface area contributed by atoms with E-state index in [1.54, 1.807) is 23.0 Å². The smallest absolute Gasteiger partial charge is 0.253 e. The van der Waals surface area contributed by atoms with Gasteiger partial charge in [0.15, 0.2) is 0 Å². The maximum Gasteiger partial charge on any atom is 0.253 e. The van der Waals surface area contributed by atoms with Gasteiger partial charge >= 0.3 is 0 Å². The van der Waals surface area contributed by atoms with Crippen LogP contribution in [0.2, 0.25) is 0 Å². The van der Waals surface area contributed by atoms with Crippen LogP contribution in [0.3, 0.4) is 0 Å². The summed E-state index contributed by atoms with van der Waals surface area (Å²) in [5.41, 5.74) is 3.94. The van der Waals surface area contributed by atoms with E-state index in [1.165, 1.54) is 24.7 Å². The van der Waals surface area contributed by atoms with Crippen molar-refractivity contribution >= 4 is 22.6 Å². The van der Waals surface area contributed by atoms with Crippen LogP contribution in [-0.2, 0) is 5.41 Å². The van der Waals surface area contributed by atoms with Gasteiger partial charge in [-0.1, -0.05) is 18.2 Å². The van der Waals surface area contributed by atoms with Crippen molar-refractivity contribution in [2.75, 3.05) is 7.05 Å². The van der Waals surface area contributed by atoms with E-state index >= 15 is 0 Å². The highest BCUT2D eigenvalue weighted by Gasteiger charge is 2.48. The maximum atomic E-state index is 14.5. The third-order valence-corrected chi connectivity index (χ3v) is 6.36. The van der Waals surface area contributed by atoms with Gasteiger partial charge in [0.1, 0.15) is 11.5 Å². The molecule has 1 amide bonds. The van der Waals surface area contributed by atoms with E-state index in [1.807, 2.05) is 18.3 Å². The zero-order chi connectivity index (χ0) is 22.6. The number of hydrogen-bond acceptors (Lipinski definition) is 5. The number of carbonyl (C=O) groups is 1. The summed E-state index contributed by atoms with van der Waals surface area (Å²) in [6.45, 7) is 0. The average molecular weight is 438 g/mol. The molecule has 0 radical (unpaired) electrons. The standard InChI is InChI=1S/C25H19FN6O/c1-27-23(33)18-6-4-16(12-19(18)26)21-13-29-24-30-14-22(32(24)31-21)25(8-9-25)17-5-7-20-15(11-17)3-2-10-28-20/h2-7,10-14H,8-9H2,1H3,(H,27,33). The second-order valence-corrected chi connectivity index (χ2v) is 8.27. The number of hydrogen-bond donors (Lipinski definition) is 1. The van der Waals surface area contributed by atoms with Crippen molar-refractivity contribution in [1.82, 2.24) is 29.9 Å². The second kappa shape index (κ2) is 7.16. The van der Waals surface area contributed by atoms with Crippen molar-refractivity contribution < 1.29 is 9.18 Å². The Labute approximate surface area is 188 Å². The van der Waals surface area contributed by atoms with Crippen molar-refractivity contribution in [3.05, 3.63) is 89.8 Å². The van der Waals surface area contributed by atoms with Crippen molar-refractivity contribution in [2.45, 2.75) is 18.3 Å². The molecule has 1 fully saturated rings. The van der Waals surface area contributed by atoms with Crippen molar-refractivity contribution in [2.24, 2.45) is 0 Å². The number of nitrogens with one attached hydrogen (secondary N) is 1. The van der Waals surface area contributed by atoms with Crippen LogP contribution in [0.4, 0.5) is 4.39 Å². The molecule has 3 heterocycles. The Kier molecular flexibility index (Phi) is 4.23. The summed E-state index contributed by atoms with van der Waals surface area (Å²) in [4.78, 5) is 25.1. The van der Waals surface area contributed by atoms with Gasteiger partial charge in [0.05, 0.1) is 29.2 Å². The number of carbonyl (C=O) groups excluding carboxylic acids is 1. The van der Waals surface area contributed by atoms with Crippen LogP contribution in [0.1, 0.15) is 34.5 Å². The minimum Gasteiger partial charge on any atom is -0.355 e. The van der Waals surface area contributed by atoms with Crippen LogP contribution in [0.15, 0.2) is 67.1 Å². The SMILES string of the molecule is CNC(=O)c1ccc(-c2cnc3ncc(C4(c5ccc6ncccc6c5)CC4)n3n2)cc1F. The average Bonchev–Trinajstić information content (AvgIpc) is 3.55. The molecule has 0 aliphatic heterocycles. The third-order valence-electron chi connectivity index (χ3n) is 6.36. The van der Waals surface area contributed by atoms with E-state index in [0.717, 1.165) is 29.4 Å². The fourth-order valence-corrected chi connectivity index (χ4v) is 4.42. The minimum absolute atomic E-state index is 0.0127. The first-order chi connectivity index (χ1) is 16.1. The molecule has 3 aromatic heterocycles. The van der Waals surface area contributed by atoms with E-state index in [4.69, 9.17) is 5.10 Å². The quantitative estimate of drug-likeness (QED) is 0.460. The lowest BCUT2D eigenvalue weighted by atomic mass is 9.91. The van der Waals surface area contributed by atoms with E-state index in [9.17, 15) is 9.18 Å². The highest BCUT2D eigenvalue weighted by Crippen LogP contribution is 2.53. The van der Waals surface area contributed by atoms with Gasteiger partial charge < -0.3 is 5.32 Å². The van der Waals surface area contributed by atoms with E-state index in [0.29, 0.717) is 17.0 Å². The molecule has 6 rings (SSSR count). The molecule has 0 bridgehead atoms. The minimum atomic E-state index is -0.608. The molecule has 0 unspecified atom stereocenters. The maximum absolute atomic E-state index is 14.5. The van der Waals surface area contributed by atoms with Gasteiger partial charge in [-0.15, -0.1) is 0 Å². The zero-order valence-electron chi connectivity index (χ0n) is 17.8. The summed E-state index contributed by atoms with van der Waals surface area (Å²) in [5, 5.41) is 8.28. The molecule has 5 aromatic rings. The van der Waals surface area contributed by atoms with E-state index < -0.39 is 11.7 Å². The van der Waals surface area contributed by atoms with E-state index in [-0.39, 0.29) is 11.0 Å². The molecule has 1 saturated carbocycles. The summed E-state index contributed by atoms with van der Waals surface area (Å²) in [6.07, 6.45) is 7.15. The number of nitrogens with zero attached hydrogens (tertiary/aromatic N) is 5. The Morgan fingerprint density at radius 3 is 2.70 bits per heavy atom. The number of fused-ring (bicyclic) bond motifs is 2. The van der Waals surface area contributed by atoms with Crippen LogP contribution >= 0.6 is 0 Å². The van der Waals surface area contributed by atoms with Crippen molar-refractivity contribution in [1.29, 1.82) is 0 Å². The molecular formula is C25H19FN6O. The molecule has 1 N–H and O–H groups in total. The van der Waals surface area contributed by atoms with Crippen molar-refractivity contribution in [3.63, 3.8) is 0 Å². The van der Waals surface area contributed by atoms with Crippen LogP contribution in [0.5, 0.6) is 0 Å². The van der Waals surface area contributed by atoms with Crippen LogP contribution in [-0.4, -0.2) is 37.5 Å². The topological polar surface area (TPSA) is 85.1 Å². The van der Waals surface area contributed by atoms with E-state index in [2.05, 4.69) is 38.5 Å². The normalized spacial score (nSPS) is 14.5. The van der Waals surface area contributed by atoms with Gasteiger partial charge in [0.25, 0.3) is 11.7 Å². The van der Waals surface area contributed by atoms with Crippen molar-refractivity contribution in [3.8, 4) is 11.3 Å². The molecule has 1 aliphatic rings. The molecule has 0 spiro atoms. The first-order valence-electron chi connectivity index (χ1n) is 10.7. The summed E-state index contributed by atoms with van der Waals surface area (Å²) in [5.74, 6) is -0.591. The largest absolute Gasteiger partial charge is 0.355 e. The summed E-state index contributed by atoms with van der Waals surface area (Å²) in [7, 11) is 1.47. The van der Waals surface area contributed by atoms with Crippen LogP contribution < -0.4 is 5.32 Å². The lowest BCUT2D eigenvalue weighted by Crippen LogP contribution is -2.19. The molecule has 162 valence electrons. The van der Waals surface area contributed by atoms with Gasteiger partial charge in [-0.25, -0.2) is 14.4 Å². The predicted octanol–water partition coefficient (Wildman–Crippen LogP) is 3.92. The highest BCUT2D eigenvalue weighted by atomic mass is 19.1. The molecule has 33 heavy (non-hydrogen) atoms. The fourth-order valence-electron chi connectivity index (χ4n) is 4.42. The van der Waals surface area contributed by atoms with Crippen LogP contribution in [0.25, 0.3) is 27.9 Å². The number of pyridine rings is 1. The second-order valence-electron chi connectivity index (χ2n) is 8.27. The first-order valence-corrected chi connectivity index (χ1v) is 10.7. The lowest BCUT2D eigenvalue weighted by molar-refractivity contribution is 0.0959. The number of rotatable bonds is 4. The lowest BCUT2D eigenvalue weighted by Gasteiger charge is -2.16. The first kappa shape index (κ1) is 19.5. The molecular weight excluding hydrogens is 419 g/mol. The van der Waals surface area contributed by atoms with Gasteiger partial charge in [-0.2, -0.15) is 9.61 Å². The predicted molar refractivity (Wildman–Crippen MR) is 121 cm³/mol. The third kappa shape index (κ3) is 3.06. The Bertz CT molecular complexity index is 1560. The number of amides is 1. The molecule has 0 atom stereocenters. The van der Waals surface area contributed by atoms with Gasteiger partial charge in [-0.3, -0.25) is 9.78 Å². The zero-order valence-corrected chi connectivity index (χ0v) is 17.8. The summed E-state index contributed by atoms with van der Waals surface area (Å²) in [6, 6.07) is 14.8. The molecule has 1 aliphatic carbocycles. The Balaban J connectivity index is 1.44. The highest BCUT2D eigenvalue weighted by molar-refractivity contribution is 5.94. The monoisotopic (exact) mass is 438 g/mol. The Morgan fingerprint density at radius 1 is 1.06 bits per heavy atom. The Morgan fingerprint density at radius 2 is 1.91 bits per heavy atom. The molecule has 8 heteroatoms. The van der Waals surface area contributed by atoms with Gasteiger partial charge in [-0.05, 0) is 48.7 Å².